The first-order valence-electron chi connectivity index (χ1n) is 10.4. The second-order valence-corrected chi connectivity index (χ2v) is 9.53. The lowest BCUT2D eigenvalue weighted by atomic mass is 10.1. The van der Waals surface area contributed by atoms with Crippen LogP contribution in [-0.2, 0) is 0 Å². The van der Waals surface area contributed by atoms with Crippen LogP contribution < -0.4 is 19.6 Å². The molecule has 2 aromatic heterocycles. The Bertz CT molecular complexity index is 1390. The molecule has 4 aromatic rings. The summed E-state index contributed by atoms with van der Waals surface area (Å²) in [6, 6.07) is 7.94. The van der Waals surface area contributed by atoms with Crippen LogP contribution in [0.2, 0.25) is 0 Å². The highest BCUT2D eigenvalue weighted by atomic mass is 79.9. The molecule has 5 nitrogen and oxygen atoms in total. The third kappa shape index (κ3) is 4.08. The minimum Gasteiger partial charge on any atom is -0.490 e. The lowest BCUT2D eigenvalue weighted by molar-refractivity contribution is 0.202. The molecule has 0 spiro atoms. The number of benzene rings is 2. The number of hydrogen-bond acceptors (Lipinski definition) is 5. The number of imidazole rings is 1. The first kappa shape index (κ1) is 21.8. The van der Waals surface area contributed by atoms with Crippen molar-refractivity contribution in [1.29, 1.82) is 0 Å². The number of rotatable bonds is 6. The quantitative estimate of drug-likeness (QED) is 0.355. The number of halogens is 1. The van der Waals surface area contributed by atoms with Gasteiger partial charge < -0.3 is 9.47 Å². The SMILES string of the molecule is CCOc1cc(/C=c2\sc3nc4cc(C)c(C)cc4n3c2=O)cc(Br)c1O[C@H](C)CC. The maximum Gasteiger partial charge on any atom is 0.274 e. The monoisotopic (exact) mass is 500 g/mol. The molecule has 7 heteroatoms. The van der Waals surface area contributed by atoms with Gasteiger partial charge in [0.2, 0.25) is 0 Å². The van der Waals surface area contributed by atoms with E-state index >= 15 is 0 Å². The molecule has 0 saturated heterocycles. The molecule has 2 heterocycles. The van der Waals surface area contributed by atoms with Gasteiger partial charge in [-0.05, 0) is 97.1 Å². The molecule has 0 aliphatic carbocycles. The fraction of sp³-hybridized carbons (Fsp3) is 0.333. The lowest BCUT2D eigenvalue weighted by Gasteiger charge is -2.18. The normalized spacial score (nSPS) is 13.3. The van der Waals surface area contributed by atoms with Gasteiger partial charge in [-0.2, -0.15) is 0 Å². The van der Waals surface area contributed by atoms with Crippen molar-refractivity contribution in [1.82, 2.24) is 9.38 Å². The summed E-state index contributed by atoms with van der Waals surface area (Å²) in [7, 11) is 0. The van der Waals surface area contributed by atoms with E-state index in [1.54, 1.807) is 4.40 Å². The van der Waals surface area contributed by atoms with Crippen LogP contribution in [0.5, 0.6) is 11.5 Å². The number of aryl methyl sites for hydroxylation is 2. The van der Waals surface area contributed by atoms with E-state index in [4.69, 9.17) is 9.47 Å². The molecule has 0 fully saturated rings. The van der Waals surface area contributed by atoms with Gasteiger partial charge in [0, 0.05) is 0 Å². The van der Waals surface area contributed by atoms with E-state index in [1.807, 2.05) is 51.1 Å². The Morgan fingerprint density at radius 1 is 1.19 bits per heavy atom. The number of hydrogen-bond donors (Lipinski definition) is 0. The smallest absolute Gasteiger partial charge is 0.274 e. The molecule has 0 unspecified atom stereocenters. The molecule has 0 aliphatic heterocycles. The largest absolute Gasteiger partial charge is 0.490 e. The van der Waals surface area contributed by atoms with Gasteiger partial charge in [0.05, 0.1) is 32.7 Å². The molecule has 0 bridgehead atoms. The molecule has 0 saturated carbocycles. The Morgan fingerprint density at radius 3 is 2.65 bits per heavy atom. The van der Waals surface area contributed by atoms with Crippen molar-refractivity contribution in [2.75, 3.05) is 6.61 Å². The van der Waals surface area contributed by atoms with Crippen LogP contribution in [0.4, 0.5) is 0 Å². The van der Waals surface area contributed by atoms with Crippen LogP contribution in [0.15, 0.2) is 33.5 Å². The zero-order valence-corrected chi connectivity index (χ0v) is 20.7. The summed E-state index contributed by atoms with van der Waals surface area (Å²) >= 11 is 5.01. The molecule has 0 aliphatic rings. The molecule has 0 N–H and O–H groups in total. The third-order valence-corrected chi connectivity index (χ3v) is 6.94. The number of nitrogens with zero attached hydrogens (tertiary/aromatic N) is 2. The zero-order valence-electron chi connectivity index (χ0n) is 18.3. The predicted molar refractivity (Wildman–Crippen MR) is 131 cm³/mol. The molecule has 2 aromatic carbocycles. The van der Waals surface area contributed by atoms with Crippen molar-refractivity contribution < 1.29 is 9.47 Å². The maximum atomic E-state index is 13.2. The minimum absolute atomic E-state index is 0.0558. The Kier molecular flexibility index (Phi) is 6.08. The molecule has 4 rings (SSSR count). The average Bonchev–Trinajstić information content (AvgIpc) is 3.21. The first-order valence-corrected chi connectivity index (χ1v) is 12.0. The van der Waals surface area contributed by atoms with Crippen LogP contribution >= 0.6 is 27.3 Å². The third-order valence-electron chi connectivity index (χ3n) is 5.38. The van der Waals surface area contributed by atoms with Gasteiger partial charge in [0.1, 0.15) is 0 Å². The highest BCUT2D eigenvalue weighted by Gasteiger charge is 2.16. The Balaban J connectivity index is 1.85. The van der Waals surface area contributed by atoms with Gasteiger partial charge >= 0.3 is 0 Å². The van der Waals surface area contributed by atoms with Crippen LogP contribution in [0.3, 0.4) is 0 Å². The second kappa shape index (κ2) is 8.63. The summed E-state index contributed by atoms with van der Waals surface area (Å²) in [5, 5.41) is 0. The van der Waals surface area contributed by atoms with Gasteiger partial charge in [0.15, 0.2) is 16.5 Å². The summed E-state index contributed by atoms with van der Waals surface area (Å²) in [6.07, 6.45) is 2.85. The minimum atomic E-state index is -0.0558. The van der Waals surface area contributed by atoms with E-state index in [2.05, 4.69) is 34.8 Å². The van der Waals surface area contributed by atoms with Gasteiger partial charge in [0.25, 0.3) is 5.56 Å². The van der Waals surface area contributed by atoms with Gasteiger partial charge in [-0.15, -0.1) is 0 Å². The first-order chi connectivity index (χ1) is 14.8. The van der Waals surface area contributed by atoms with E-state index in [0.29, 0.717) is 27.6 Å². The van der Waals surface area contributed by atoms with Crippen molar-refractivity contribution in [2.24, 2.45) is 0 Å². The number of thiazole rings is 1. The maximum absolute atomic E-state index is 13.2. The predicted octanol–water partition coefficient (Wildman–Crippen LogP) is 5.41. The molecule has 0 radical (unpaired) electrons. The molecule has 1 atom stereocenters. The fourth-order valence-corrected chi connectivity index (χ4v) is 4.94. The number of ether oxygens (including phenoxy) is 2. The Morgan fingerprint density at radius 2 is 1.94 bits per heavy atom. The summed E-state index contributed by atoms with van der Waals surface area (Å²) in [5.74, 6) is 1.35. The molecular formula is C24H25BrN2O3S. The van der Waals surface area contributed by atoms with Crippen LogP contribution in [0.25, 0.3) is 22.1 Å². The molecule has 31 heavy (non-hydrogen) atoms. The summed E-state index contributed by atoms with van der Waals surface area (Å²) in [4.78, 5) is 18.6. The number of aromatic nitrogens is 2. The highest BCUT2D eigenvalue weighted by Crippen LogP contribution is 2.38. The van der Waals surface area contributed by atoms with Crippen molar-refractivity contribution in [3.05, 3.63) is 60.3 Å². The van der Waals surface area contributed by atoms with Gasteiger partial charge in [-0.25, -0.2) is 9.38 Å². The average molecular weight is 501 g/mol. The van der Waals surface area contributed by atoms with Crippen molar-refractivity contribution >= 4 is 49.3 Å². The topological polar surface area (TPSA) is 52.8 Å². The fourth-order valence-electron chi connectivity index (χ4n) is 3.40. The second-order valence-electron chi connectivity index (χ2n) is 7.67. The van der Waals surface area contributed by atoms with E-state index in [0.717, 1.165) is 33.1 Å². The van der Waals surface area contributed by atoms with Crippen molar-refractivity contribution in [2.45, 2.75) is 47.1 Å². The standard InChI is InChI=1S/C24H25BrN2O3S/c1-6-15(5)30-22-17(25)10-16(11-20(22)29-7-2)12-21-23(28)27-19-9-14(4)13(3)8-18(19)26-24(27)31-21/h8-12,15H,6-7H2,1-5H3/b21-12-/t15-/m1/s1. The molecule has 162 valence electrons. The number of fused-ring (bicyclic) bond motifs is 3. The van der Waals surface area contributed by atoms with Crippen LogP contribution in [0, 0.1) is 13.8 Å². The van der Waals surface area contributed by atoms with Crippen molar-refractivity contribution in [3.63, 3.8) is 0 Å². The summed E-state index contributed by atoms with van der Waals surface area (Å²) < 4.78 is 15.0. The van der Waals surface area contributed by atoms with Crippen LogP contribution in [-0.4, -0.2) is 22.1 Å². The Labute approximate surface area is 193 Å². The van der Waals surface area contributed by atoms with E-state index in [1.165, 1.54) is 16.9 Å². The van der Waals surface area contributed by atoms with E-state index in [-0.39, 0.29) is 11.7 Å². The van der Waals surface area contributed by atoms with Crippen molar-refractivity contribution in [3.8, 4) is 11.5 Å². The summed E-state index contributed by atoms with van der Waals surface area (Å²) in [6.45, 7) is 10.7. The van der Waals surface area contributed by atoms with Gasteiger partial charge in [-0.1, -0.05) is 18.3 Å². The lowest BCUT2D eigenvalue weighted by Crippen LogP contribution is -2.22. The summed E-state index contributed by atoms with van der Waals surface area (Å²) in [5.41, 5.74) is 4.83. The van der Waals surface area contributed by atoms with Crippen LogP contribution in [0.1, 0.15) is 43.9 Å². The molecular weight excluding hydrogens is 476 g/mol. The van der Waals surface area contributed by atoms with E-state index < -0.39 is 0 Å². The van der Waals surface area contributed by atoms with E-state index in [9.17, 15) is 4.79 Å². The van der Waals surface area contributed by atoms with Gasteiger partial charge in [-0.3, -0.25) is 4.79 Å². The molecule has 0 amide bonds. The zero-order chi connectivity index (χ0) is 22.3. The highest BCUT2D eigenvalue weighted by molar-refractivity contribution is 9.10. The Hall–Kier alpha value is -2.38.